The maximum absolute atomic E-state index is 10.5. The maximum Gasteiger partial charge on any atom is 0.144 e. The summed E-state index contributed by atoms with van der Waals surface area (Å²) in [4.78, 5) is 2.08. The largest absolute Gasteiger partial charge is 0.492 e. The van der Waals surface area contributed by atoms with Crippen LogP contribution in [0.15, 0.2) is 18.2 Å². The highest BCUT2D eigenvalue weighted by molar-refractivity contribution is 5.62. The van der Waals surface area contributed by atoms with Crippen molar-refractivity contribution in [3.05, 3.63) is 18.2 Å². The Morgan fingerprint density at radius 2 is 2.05 bits per heavy atom. The Labute approximate surface area is 115 Å². The number of hydrogen-bond donors (Lipinski definition) is 2. The number of ether oxygens (including phenoxy) is 1. The van der Waals surface area contributed by atoms with Gasteiger partial charge in [-0.15, -0.1) is 0 Å². The molecule has 2 rings (SSSR count). The van der Waals surface area contributed by atoms with Crippen molar-refractivity contribution in [2.45, 2.75) is 38.2 Å². The van der Waals surface area contributed by atoms with Crippen molar-refractivity contribution in [3.8, 4) is 5.75 Å². The number of likely N-dealkylation sites (N-methyl/N-ethyl adjacent to an activating group) is 1. The van der Waals surface area contributed by atoms with E-state index in [0.717, 1.165) is 31.4 Å². The molecular formula is C15H24N2O2. The zero-order valence-corrected chi connectivity index (χ0v) is 11.9. The monoisotopic (exact) mass is 264 g/mol. The average Bonchev–Trinajstić information content (AvgIpc) is 2.78. The average molecular weight is 264 g/mol. The first-order valence-electron chi connectivity index (χ1n) is 7.00. The number of hydrogen-bond acceptors (Lipinski definition) is 4. The zero-order valence-electron chi connectivity index (χ0n) is 11.9. The molecule has 0 heterocycles. The van der Waals surface area contributed by atoms with Crippen molar-refractivity contribution in [1.29, 1.82) is 0 Å². The predicted molar refractivity (Wildman–Crippen MR) is 78.7 cm³/mol. The first kappa shape index (κ1) is 14.0. The molecule has 4 nitrogen and oxygen atoms in total. The fourth-order valence-electron chi connectivity index (χ4n) is 2.76. The quantitative estimate of drug-likeness (QED) is 0.802. The summed E-state index contributed by atoms with van der Waals surface area (Å²) in [5.41, 5.74) is 7.01. The normalized spacial score (nSPS) is 17.4. The van der Waals surface area contributed by atoms with E-state index in [2.05, 4.69) is 4.90 Å². The first-order chi connectivity index (χ1) is 9.04. The summed E-state index contributed by atoms with van der Waals surface area (Å²) in [6.45, 7) is 3.20. The molecule has 1 fully saturated rings. The Kier molecular flexibility index (Phi) is 4.20. The molecule has 106 valence electrons. The van der Waals surface area contributed by atoms with E-state index in [-0.39, 0.29) is 0 Å². The van der Waals surface area contributed by atoms with E-state index >= 15 is 0 Å². The minimum atomic E-state index is -0.540. The molecule has 0 aromatic heterocycles. The Bertz CT molecular complexity index is 428. The van der Waals surface area contributed by atoms with Gasteiger partial charge in [0.25, 0.3) is 0 Å². The second-order valence-corrected chi connectivity index (χ2v) is 5.44. The van der Waals surface area contributed by atoms with E-state index in [4.69, 9.17) is 10.5 Å². The van der Waals surface area contributed by atoms with Gasteiger partial charge in [-0.25, -0.2) is 0 Å². The summed E-state index contributed by atoms with van der Waals surface area (Å²) >= 11 is 0. The first-order valence-corrected chi connectivity index (χ1v) is 7.00. The highest BCUT2D eigenvalue weighted by atomic mass is 16.5. The second-order valence-electron chi connectivity index (χ2n) is 5.44. The Hall–Kier alpha value is -1.42. The second kappa shape index (κ2) is 5.70. The van der Waals surface area contributed by atoms with E-state index in [1.54, 1.807) is 0 Å². The van der Waals surface area contributed by atoms with Crippen molar-refractivity contribution < 1.29 is 9.84 Å². The molecule has 0 amide bonds. The predicted octanol–water partition coefficient (Wildman–Crippen LogP) is 2.41. The summed E-state index contributed by atoms with van der Waals surface area (Å²) < 4.78 is 5.51. The van der Waals surface area contributed by atoms with Crippen LogP contribution in [0.1, 0.15) is 32.6 Å². The van der Waals surface area contributed by atoms with E-state index in [1.807, 2.05) is 32.2 Å². The van der Waals surface area contributed by atoms with E-state index < -0.39 is 5.60 Å². The molecule has 1 aromatic carbocycles. The zero-order chi connectivity index (χ0) is 13.9. The van der Waals surface area contributed by atoms with Gasteiger partial charge in [-0.2, -0.15) is 0 Å². The molecule has 1 aliphatic rings. The Morgan fingerprint density at radius 1 is 1.37 bits per heavy atom. The molecule has 1 saturated carbocycles. The number of benzene rings is 1. The van der Waals surface area contributed by atoms with E-state index in [1.165, 1.54) is 0 Å². The van der Waals surface area contributed by atoms with Crippen molar-refractivity contribution in [1.82, 2.24) is 0 Å². The van der Waals surface area contributed by atoms with E-state index in [9.17, 15) is 5.11 Å². The topological polar surface area (TPSA) is 58.7 Å². The summed E-state index contributed by atoms with van der Waals surface area (Å²) in [5, 5.41) is 10.5. The van der Waals surface area contributed by atoms with Crippen LogP contribution < -0.4 is 15.4 Å². The van der Waals surface area contributed by atoms with Gasteiger partial charge in [0, 0.05) is 25.3 Å². The van der Waals surface area contributed by atoms with E-state index in [0.29, 0.717) is 24.6 Å². The lowest BCUT2D eigenvalue weighted by molar-refractivity contribution is 0.0559. The molecule has 4 heteroatoms. The van der Waals surface area contributed by atoms with Gasteiger partial charge in [0.15, 0.2) is 0 Å². The van der Waals surface area contributed by atoms with Crippen LogP contribution in [0.25, 0.3) is 0 Å². The van der Waals surface area contributed by atoms with Gasteiger partial charge < -0.3 is 20.5 Å². The highest BCUT2D eigenvalue weighted by Crippen LogP contribution is 2.33. The number of nitrogens with zero attached hydrogens (tertiary/aromatic N) is 1. The molecule has 0 unspecified atom stereocenters. The molecular weight excluding hydrogens is 240 g/mol. The standard InChI is InChI=1S/C15H24N2O2/c1-3-19-14-10-12(6-7-13(14)16)17(2)11-15(18)8-4-5-9-15/h6-7,10,18H,3-5,8-9,11,16H2,1-2H3. The lowest BCUT2D eigenvalue weighted by Gasteiger charge is -2.30. The summed E-state index contributed by atoms with van der Waals surface area (Å²) in [5.74, 6) is 0.713. The molecule has 0 atom stereocenters. The van der Waals surface area contributed by atoms with Gasteiger partial charge >= 0.3 is 0 Å². The van der Waals surface area contributed by atoms with Crippen LogP contribution in [-0.2, 0) is 0 Å². The van der Waals surface area contributed by atoms with Gasteiger partial charge in [0.2, 0.25) is 0 Å². The van der Waals surface area contributed by atoms with Crippen molar-refractivity contribution in [2.24, 2.45) is 0 Å². The van der Waals surface area contributed by atoms with Crippen molar-refractivity contribution in [2.75, 3.05) is 30.8 Å². The SMILES string of the molecule is CCOc1cc(N(C)CC2(O)CCCC2)ccc1N. The van der Waals surface area contributed by atoms with Crippen LogP contribution in [0.2, 0.25) is 0 Å². The molecule has 1 aliphatic carbocycles. The van der Waals surface area contributed by atoms with Crippen LogP contribution in [0, 0.1) is 0 Å². The third-order valence-corrected chi connectivity index (χ3v) is 3.80. The highest BCUT2D eigenvalue weighted by Gasteiger charge is 2.32. The maximum atomic E-state index is 10.5. The molecule has 3 N–H and O–H groups in total. The fraction of sp³-hybridized carbons (Fsp3) is 0.600. The molecule has 0 aliphatic heterocycles. The van der Waals surface area contributed by atoms with Crippen molar-refractivity contribution in [3.63, 3.8) is 0 Å². The van der Waals surface area contributed by atoms with Crippen LogP contribution in [0.4, 0.5) is 11.4 Å². The minimum absolute atomic E-state index is 0.540. The number of nitrogens with two attached hydrogens (primary N) is 1. The van der Waals surface area contributed by atoms with Crippen LogP contribution in [0.5, 0.6) is 5.75 Å². The minimum Gasteiger partial charge on any atom is -0.492 e. The van der Waals surface area contributed by atoms with Gasteiger partial charge in [0.05, 0.1) is 17.9 Å². The van der Waals surface area contributed by atoms with Gasteiger partial charge in [0.1, 0.15) is 5.75 Å². The lowest BCUT2D eigenvalue weighted by atomic mass is 10.0. The fourth-order valence-corrected chi connectivity index (χ4v) is 2.76. The molecule has 0 bridgehead atoms. The molecule has 1 aromatic rings. The van der Waals surface area contributed by atoms with Crippen molar-refractivity contribution >= 4 is 11.4 Å². The molecule has 0 saturated heterocycles. The van der Waals surface area contributed by atoms with Gasteiger partial charge in [-0.1, -0.05) is 12.8 Å². The molecule has 0 spiro atoms. The van der Waals surface area contributed by atoms with Crippen LogP contribution >= 0.6 is 0 Å². The van der Waals surface area contributed by atoms with Gasteiger partial charge in [-0.05, 0) is 31.9 Å². The Balaban J connectivity index is 2.10. The smallest absolute Gasteiger partial charge is 0.144 e. The summed E-state index contributed by atoms with van der Waals surface area (Å²) in [6.07, 6.45) is 4.03. The Morgan fingerprint density at radius 3 is 2.68 bits per heavy atom. The summed E-state index contributed by atoms with van der Waals surface area (Å²) in [7, 11) is 2.00. The number of anilines is 2. The van der Waals surface area contributed by atoms with Crippen LogP contribution in [0.3, 0.4) is 0 Å². The number of aliphatic hydroxyl groups is 1. The third kappa shape index (κ3) is 3.32. The summed E-state index contributed by atoms with van der Waals surface area (Å²) in [6, 6.07) is 5.77. The lowest BCUT2D eigenvalue weighted by Crippen LogP contribution is -2.39. The third-order valence-electron chi connectivity index (χ3n) is 3.80. The number of nitrogen functional groups attached to an aromatic ring is 1. The number of rotatable bonds is 5. The molecule has 19 heavy (non-hydrogen) atoms. The van der Waals surface area contributed by atoms with Gasteiger partial charge in [-0.3, -0.25) is 0 Å². The molecule has 0 radical (unpaired) electrons. The van der Waals surface area contributed by atoms with Crippen LogP contribution in [-0.4, -0.2) is 30.9 Å².